The molecule has 0 unspecified atom stereocenters. The summed E-state index contributed by atoms with van der Waals surface area (Å²) in [6.07, 6.45) is 6.67. The van der Waals surface area contributed by atoms with Gasteiger partial charge in [-0.1, -0.05) is 0 Å². The summed E-state index contributed by atoms with van der Waals surface area (Å²) in [5.74, 6) is 0.101. The third kappa shape index (κ3) is 4.17. The van der Waals surface area contributed by atoms with Crippen LogP contribution in [0.1, 0.15) is 23.5 Å². The lowest BCUT2D eigenvalue weighted by Crippen LogP contribution is -2.32. The normalized spacial score (nSPS) is 18.4. The molecule has 1 fully saturated rings. The second kappa shape index (κ2) is 7.23. The van der Waals surface area contributed by atoms with E-state index in [1.165, 1.54) is 12.8 Å². The van der Waals surface area contributed by atoms with E-state index in [4.69, 9.17) is 0 Å². The zero-order chi connectivity index (χ0) is 16.2. The number of rotatable bonds is 6. The van der Waals surface area contributed by atoms with Crippen LogP contribution in [-0.4, -0.2) is 57.2 Å². The van der Waals surface area contributed by atoms with Gasteiger partial charge in [0.2, 0.25) is 5.91 Å². The van der Waals surface area contributed by atoms with Crippen LogP contribution in [0.25, 0.3) is 0 Å². The Morgan fingerprint density at radius 1 is 1.48 bits per heavy atom. The maximum Gasteiger partial charge on any atom is 0.228 e. The number of amides is 1. The van der Waals surface area contributed by atoms with E-state index in [1.807, 2.05) is 23.1 Å². The van der Waals surface area contributed by atoms with Gasteiger partial charge in [-0.2, -0.15) is 5.10 Å². The first-order chi connectivity index (χ1) is 11.1. The number of nitrogens with zero attached hydrogens (tertiary/aromatic N) is 5. The van der Waals surface area contributed by atoms with Gasteiger partial charge in [-0.05, 0) is 25.5 Å². The number of carbonyl (C=O) groups is 1. The first-order valence-electron chi connectivity index (χ1n) is 7.96. The summed E-state index contributed by atoms with van der Waals surface area (Å²) in [7, 11) is 3.56. The molecular formula is C16H23N5OS. The van der Waals surface area contributed by atoms with Crippen LogP contribution in [0.4, 0.5) is 0 Å². The first kappa shape index (κ1) is 16.1. The van der Waals surface area contributed by atoms with Crippen LogP contribution in [0.3, 0.4) is 0 Å². The molecule has 0 spiro atoms. The molecule has 0 aliphatic carbocycles. The zero-order valence-electron chi connectivity index (χ0n) is 13.7. The highest BCUT2D eigenvalue weighted by molar-refractivity contribution is 7.09. The van der Waals surface area contributed by atoms with Gasteiger partial charge in [0.15, 0.2) is 0 Å². The molecule has 23 heavy (non-hydrogen) atoms. The lowest BCUT2D eigenvalue weighted by molar-refractivity contribution is -0.127. The van der Waals surface area contributed by atoms with Gasteiger partial charge >= 0.3 is 0 Å². The fourth-order valence-corrected chi connectivity index (χ4v) is 3.71. The van der Waals surface area contributed by atoms with E-state index in [9.17, 15) is 4.79 Å². The molecule has 124 valence electrons. The molecule has 0 N–H and O–H groups in total. The molecule has 3 rings (SSSR count). The number of hydrogen-bond donors (Lipinski definition) is 0. The SMILES string of the molecule is CN(C)C(=O)Cc1nc(CN2CCC[C@@H]2Cn2cccn2)cs1. The fraction of sp³-hybridized carbons (Fsp3) is 0.562. The van der Waals surface area contributed by atoms with Crippen LogP contribution < -0.4 is 0 Å². The third-order valence-electron chi connectivity index (χ3n) is 4.22. The van der Waals surface area contributed by atoms with Crippen LogP contribution in [0, 0.1) is 0 Å². The van der Waals surface area contributed by atoms with Crippen LogP contribution in [0.5, 0.6) is 0 Å². The molecule has 2 aromatic rings. The standard InChI is InChI=1S/C16H23N5OS/c1-19(2)16(22)9-15-18-13(12-23-15)10-20-7-3-5-14(20)11-21-8-4-6-17-21/h4,6,8,12,14H,3,5,7,9-11H2,1-2H3/t14-/m1/s1. The smallest absolute Gasteiger partial charge is 0.228 e. The summed E-state index contributed by atoms with van der Waals surface area (Å²) in [5.41, 5.74) is 1.07. The highest BCUT2D eigenvalue weighted by Crippen LogP contribution is 2.22. The largest absolute Gasteiger partial charge is 0.348 e. The zero-order valence-corrected chi connectivity index (χ0v) is 14.5. The summed E-state index contributed by atoms with van der Waals surface area (Å²) < 4.78 is 2.01. The van der Waals surface area contributed by atoms with Crippen molar-refractivity contribution >= 4 is 17.2 Å². The molecule has 1 atom stereocenters. The Kier molecular flexibility index (Phi) is 5.07. The average molecular weight is 333 g/mol. The van der Waals surface area contributed by atoms with E-state index in [1.54, 1.807) is 30.3 Å². The molecule has 7 heteroatoms. The summed E-state index contributed by atoms with van der Waals surface area (Å²) in [6, 6.07) is 2.48. The maximum atomic E-state index is 11.8. The number of likely N-dealkylation sites (N-methyl/N-ethyl adjacent to an activating group) is 1. The van der Waals surface area contributed by atoms with Crippen LogP contribution in [0.2, 0.25) is 0 Å². The van der Waals surface area contributed by atoms with E-state index in [2.05, 4.69) is 20.4 Å². The lowest BCUT2D eigenvalue weighted by Gasteiger charge is -2.23. The summed E-state index contributed by atoms with van der Waals surface area (Å²) in [5, 5.41) is 7.30. The van der Waals surface area contributed by atoms with Gasteiger partial charge in [-0.15, -0.1) is 11.3 Å². The average Bonchev–Trinajstić information content (AvgIpc) is 3.24. The summed E-state index contributed by atoms with van der Waals surface area (Å²) in [4.78, 5) is 20.5. The number of carbonyl (C=O) groups excluding carboxylic acids is 1. The monoisotopic (exact) mass is 333 g/mol. The van der Waals surface area contributed by atoms with Crippen molar-refractivity contribution in [1.82, 2.24) is 24.6 Å². The van der Waals surface area contributed by atoms with Gasteiger partial charge in [0.05, 0.1) is 18.7 Å². The Morgan fingerprint density at radius 2 is 2.35 bits per heavy atom. The third-order valence-corrected chi connectivity index (χ3v) is 5.12. The highest BCUT2D eigenvalue weighted by atomic mass is 32.1. The molecule has 0 aromatic carbocycles. The Balaban J connectivity index is 1.58. The van der Waals surface area contributed by atoms with Crippen molar-refractivity contribution in [2.24, 2.45) is 0 Å². The quantitative estimate of drug-likeness (QED) is 0.806. The van der Waals surface area contributed by atoms with Gasteiger partial charge in [-0.3, -0.25) is 14.4 Å². The fourth-order valence-electron chi connectivity index (χ4n) is 2.93. The van der Waals surface area contributed by atoms with Crippen molar-refractivity contribution in [3.8, 4) is 0 Å². The van der Waals surface area contributed by atoms with Crippen molar-refractivity contribution in [1.29, 1.82) is 0 Å². The van der Waals surface area contributed by atoms with Gasteiger partial charge in [-0.25, -0.2) is 4.98 Å². The van der Waals surface area contributed by atoms with E-state index >= 15 is 0 Å². The molecule has 3 heterocycles. The van der Waals surface area contributed by atoms with Gasteiger partial charge in [0.1, 0.15) is 5.01 Å². The van der Waals surface area contributed by atoms with Crippen molar-refractivity contribution in [3.63, 3.8) is 0 Å². The van der Waals surface area contributed by atoms with Crippen LogP contribution in [0.15, 0.2) is 23.8 Å². The predicted molar refractivity (Wildman–Crippen MR) is 90.2 cm³/mol. The Morgan fingerprint density at radius 3 is 3.09 bits per heavy atom. The van der Waals surface area contributed by atoms with Gasteiger partial charge in [0.25, 0.3) is 0 Å². The number of thiazole rings is 1. The van der Waals surface area contributed by atoms with Gasteiger partial charge in [0, 0.05) is 44.5 Å². The lowest BCUT2D eigenvalue weighted by atomic mass is 10.2. The molecule has 0 radical (unpaired) electrons. The van der Waals surface area contributed by atoms with Gasteiger partial charge < -0.3 is 4.90 Å². The van der Waals surface area contributed by atoms with E-state index < -0.39 is 0 Å². The predicted octanol–water partition coefficient (Wildman–Crippen LogP) is 1.63. The van der Waals surface area contributed by atoms with Crippen molar-refractivity contribution in [3.05, 3.63) is 34.5 Å². The molecule has 6 nitrogen and oxygen atoms in total. The molecule has 0 saturated carbocycles. The van der Waals surface area contributed by atoms with E-state index in [0.29, 0.717) is 12.5 Å². The minimum atomic E-state index is 0.101. The second-order valence-electron chi connectivity index (χ2n) is 6.19. The highest BCUT2D eigenvalue weighted by Gasteiger charge is 2.25. The second-order valence-corrected chi connectivity index (χ2v) is 7.13. The van der Waals surface area contributed by atoms with Crippen molar-refractivity contribution < 1.29 is 4.79 Å². The van der Waals surface area contributed by atoms with Crippen LogP contribution in [-0.2, 0) is 24.3 Å². The van der Waals surface area contributed by atoms with E-state index in [-0.39, 0.29) is 5.91 Å². The topological polar surface area (TPSA) is 54.3 Å². The minimum Gasteiger partial charge on any atom is -0.348 e. The Bertz CT molecular complexity index is 637. The maximum absolute atomic E-state index is 11.8. The van der Waals surface area contributed by atoms with Crippen molar-refractivity contribution in [2.75, 3.05) is 20.6 Å². The molecule has 0 bridgehead atoms. The first-order valence-corrected chi connectivity index (χ1v) is 8.84. The van der Waals surface area contributed by atoms with E-state index in [0.717, 1.165) is 30.3 Å². The molecule has 2 aromatic heterocycles. The summed E-state index contributed by atoms with van der Waals surface area (Å²) in [6.45, 7) is 2.90. The number of likely N-dealkylation sites (tertiary alicyclic amines) is 1. The Hall–Kier alpha value is -1.73. The molecule has 1 amide bonds. The molecule has 1 saturated heterocycles. The molecular weight excluding hydrogens is 310 g/mol. The molecule has 1 aliphatic heterocycles. The summed E-state index contributed by atoms with van der Waals surface area (Å²) >= 11 is 1.58. The minimum absolute atomic E-state index is 0.101. The molecule has 1 aliphatic rings. The number of hydrogen-bond acceptors (Lipinski definition) is 5. The Labute approximate surface area is 140 Å². The number of aromatic nitrogens is 3. The van der Waals surface area contributed by atoms with Crippen molar-refractivity contribution in [2.45, 2.75) is 38.4 Å². The van der Waals surface area contributed by atoms with Crippen LogP contribution >= 0.6 is 11.3 Å².